The van der Waals surface area contributed by atoms with Gasteiger partial charge in [0.05, 0.1) is 17.2 Å². The highest BCUT2D eigenvalue weighted by molar-refractivity contribution is 5.92. The lowest BCUT2D eigenvalue weighted by molar-refractivity contribution is -0.125. The van der Waals surface area contributed by atoms with Gasteiger partial charge in [-0.1, -0.05) is 0 Å². The molecule has 1 aromatic rings. The van der Waals surface area contributed by atoms with Gasteiger partial charge in [-0.3, -0.25) is 4.79 Å². The van der Waals surface area contributed by atoms with Crippen molar-refractivity contribution in [1.29, 1.82) is 5.26 Å². The molecule has 4 nitrogen and oxygen atoms in total. The highest BCUT2D eigenvalue weighted by Crippen LogP contribution is 2.20. The molecule has 0 radical (unpaired) electrons. The Morgan fingerprint density at radius 1 is 1.47 bits per heavy atom. The molecule has 0 bridgehead atoms. The first kappa shape index (κ1) is 15.1. The number of halogens is 1. The van der Waals surface area contributed by atoms with E-state index < -0.39 is 11.4 Å². The Hall–Kier alpha value is -1.93. The highest BCUT2D eigenvalue weighted by Gasteiger charge is 2.14. The van der Waals surface area contributed by atoms with E-state index in [4.69, 9.17) is 10.00 Å². The molecule has 102 valence electrons. The summed E-state index contributed by atoms with van der Waals surface area (Å²) in [6, 6.07) is 4.42. The van der Waals surface area contributed by atoms with Gasteiger partial charge in [0.1, 0.15) is 12.4 Å². The van der Waals surface area contributed by atoms with Crippen LogP contribution in [0.3, 0.4) is 0 Å². The number of carbonyl (C=O) groups is 1. The van der Waals surface area contributed by atoms with Gasteiger partial charge in [-0.2, -0.15) is 5.26 Å². The van der Waals surface area contributed by atoms with Gasteiger partial charge in [-0.05, 0) is 39.8 Å². The third-order valence-corrected chi connectivity index (χ3v) is 2.38. The van der Waals surface area contributed by atoms with Crippen LogP contribution in [-0.4, -0.2) is 18.1 Å². The van der Waals surface area contributed by atoms with Crippen LogP contribution in [0.1, 0.15) is 31.9 Å². The smallest absolute Gasteiger partial charge is 0.250 e. The van der Waals surface area contributed by atoms with E-state index >= 15 is 0 Å². The van der Waals surface area contributed by atoms with Crippen molar-refractivity contribution < 1.29 is 13.9 Å². The number of nitriles is 1. The second-order valence-electron chi connectivity index (χ2n) is 5.19. The molecule has 5 heteroatoms. The van der Waals surface area contributed by atoms with Gasteiger partial charge in [0.25, 0.3) is 0 Å². The zero-order valence-electron chi connectivity index (χ0n) is 11.5. The standard InChI is InChI=1S/C14H17FN2O2/c1-9-11(15)5-10(7-16)6-12(9)17-13(18)8-19-14(2,3)4/h5-6H,8H2,1-4H3,(H,17,18). The maximum atomic E-state index is 13.5. The number of nitrogens with one attached hydrogen (secondary N) is 1. The Labute approximate surface area is 112 Å². The normalized spacial score (nSPS) is 10.9. The summed E-state index contributed by atoms with van der Waals surface area (Å²) in [6.07, 6.45) is 0. The third-order valence-electron chi connectivity index (χ3n) is 2.38. The van der Waals surface area contributed by atoms with E-state index in [1.54, 1.807) is 0 Å². The Bertz CT molecular complexity index is 527. The fourth-order valence-electron chi connectivity index (χ4n) is 1.34. The summed E-state index contributed by atoms with van der Waals surface area (Å²) in [7, 11) is 0. The van der Waals surface area contributed by atoms with Crippen LogP contribution < -0.4 is 5.32 Å². The Morgan fingerprint density at radius 2 is 2.11 bits per heavy atom. The van der Waals surface area contributed by atoms with E-state index in [1.807, 2.05) is 26.8 Å². The first-order valence-electron chi connectivity index (χ1n) is 5.87. The number of amides is 1. The number of hydrogen-bond acceptors (Lipinski definition) is 3. The fourth-order valence-corrected chi connectivity index (χ4v) is 1.34. The van der Waals surface area contributed by atoms with Crippen LogP contribution in [0.25, 0.3) is 0 Å². The Morgan fingerprint density at radius 3 is 2.63 bits per heavy atom. The molecule has 0 heterocycles. The molecule has 1 amide bonds. The first-order valence-corrected chi connectivity index (χ1v) is 5.87. The van der Waals surface area contributed by atoms with Crippen molar-refractivity contribution >= 4 is 11.6 Å². The quantitative estimate of drug-likeness (QED) is 0.913. The maximum absolute atomic E-state index is 13.5. The number of carbonyl (C=O) groups excluding carboxylic acids is 1. The van der Waals surface area contributed by atoms with Gasteiger partial charge in [0.2, 0.25) is 5.91 Å². The van der Waals surface area contributed by atoms with Crippen molar-refractivity contribution in [3.63, 3.8) is 0 Å². The van der Waals surface area contributed by atoms with Crippen LogP contribution in [0.4, 0.5) is 10.1 Å². The Balaban J connectivity index is 2.80. The zero-order chi connectivity index (χ0) is 14.6. The largest absolute Gasteiger partial charge is 0.366 e. The zero-order valence-corrected chi connectivity index (χ0v) is 11.5. The minimum atomic E-state index is -0.522. The number of ether oxygens (including phenoxy) is 1. The lowest BCUT2D eigenvalue weighted by atomic mass is 10.1. The van der Waals surface area contributed by atoms with Gasteiger partial charge in [-0.15, -0.1) is 0 Å². The lowest BCUT2D eigenvalue weighted by Crippen LogP contribution is -2.27. The molecule has 0 fully saturated rings. The van der Waals surface area contributed by atoms with Gasteiger partial charge >= 0.3 is 0 Å². The monoisotopic (exact) mass is 264 g/mol. The van der Waals surface area contributed by atoms with Crippen molar-refractivity contribution in [2.45, 2.75) is 33.3 Å². The van der Waals surface area contributed by atoms with Crippen LogP contribution in [0.2, 0.25) is 0 Å². The van der Waals surface area contributed by atoms with E-state index in [9.17, 15) is 9.18 Å². The van der Waals surface area contributed by atoms with Crippen molar-refractivity contribution in [3.05, 3.63) is 29.1 Å². The predicted octanol–water partition coefficient (Wildman–Crippen LogP) is 2.76. The molecule has 0 saturated carbocycles. The van der Waals surface area contributed by atoms with Crippen LogP contribution in [-0.2, 0) is 9.53 Å². The summed E-state index contributed by atoms with van der Waals surface area (Å²) in [6.45, 7) is 6.92. The molecular weight excluding hydrogens is 247 g/mol. The van der Waals surface area contributed by atoms with Crippen molar-refractivity contribution in [2.24, 2.45) is 0 Å². The van der Waals surface area contributed by atoms with Gasteiger partial charge in [-0.25, -0.2) is 4.39 Å². The minimum absolute atomic E-state index is 0.124. The van der Waals surface area contributed by atoms with E-state index in [0.29, 0.717) is 11.3 Å². The maximum Gasteiger partial charge on any atom is 0.250 e. The molecule has 1 rings (SSSR count). The highest BCUT2D eigenvalue weighted by atomic mass is 19.1. The second-order valence-corrected chi connectivity index (χ2v) is 5.19. The average Bonchev–Trinajstić information content (AvgIpc) is 2.31. The van der Waals surface area contributed by atoms with E-state index in [2.05, 4.69) is 5.32 Å². The van der Waals surface area contributed by atoms with Crippen molar-refractivity contribution in [3.8, 4) is 6.07 Å². The molecule has 0 atom stereocenters. The molecule has 0 spiro atoms. The molecule has 0 saturated heterocycles. The number of benzene rings is 1. The second kappa shape index (κ2) is 5.81. The molecule has 1 N–H and O–H groups in total. The molecule has 1 aromatic carbocycles. The number of rotatable bonds is 3. The van der Waals surface area contributed by atoms with Gasteiger partial charge in [0.15, 0.2) is 0 Å². The molecule has 0 unspecified atom stereocenters. The third kappa shape index (κ3) is 4.68. The number of anilines is 1. The van der Waals surface area contributed by atoms with Crippen LogP contribution in [0.5, 0.6) is 0 Å². The van der Waals surface area contributed by atoms with Crippen molar-refractivity contribution in [2.75, 3.05) is 11.9 Å². The molecule has 19 heavy (non-hydrogen) atoms. The molecule has 0 aromatic heterocycles. The average molecular weight is 264 g/mol. The van der Waals surface area contributed by atoms with E-state index in [1.165, 1.54) is 13.0 Å². The van der Waals surface area contributed by atoms with E-state index in [0.717, 1.165) is 6.07 Å². The number of nitrogens with zero attached hydrogens (tertiary/aromatic N) is 1. The summed E-state index contributed by atoms with van der Waals surface area (Å²) in [5.74, 6) is -0.904. The summed E-state index contributed by atoms with van der Waals surface area (Å²) in [5, 5.41) is 11.3. The summed E-state index contributed by atoms with van der Waals surface area (Å²) in [4.78, 5) is 11.7. The minimum Gasteiger partial charge on any atom is -0.366 e. The fraction of sp³-hybridized carbons (Fsp3) is 0.429. The first-order chi connectivity index (χ1) is 8.73. The van der Waals surface area contributed by atoms with Crippen molar-refractivity contribution in [1.82, 2.24) is 0 Å². The van der Waals surface area contributed by atoms with E-state index in [-0.39, 0.29) is 18.1 Å². The van der Waals surface area contributed by atoms with Crippen LogP contribution in [0.15, 0.2) is 12.1 Å². The molecule has 0 aliphatic rings. The topological polar surface area (TPSA) is 62.1 Å². The lowest BCUT2D eigenvalue weighted by Gasteiger charge is -2.19. The van der Waals surface area contributed by atoms with Gasteiger partial charge in [0, 0.05) is 11.3 Å². The summed E-state index contributed by atoms with van der Waals surface area (Å²) >= 11 is 0. The summed E-state index contributed by atoms with van der Waals surface area (Å²) < 4.78 is 18.8. The summed E-state index contributed by atoms with van der Waals surface area (Å²) in [5.41, 5.74) is 0.323. The number of hydrogen-bond donors (Lipinski definition) is 1. The van der Waals surface area contributed by atoms with Crippen LogP contribution in [0, 0.1) is 24.1 Å². The van der Waals surface area contributed by atoms with Gasteiger partial charge < -0.3 is 10.1 Å². The Kier molecular flexibility index (Phi) is 4.62. The molecule has 0 aliphatic carbocycles. The molecular formula is C14H17FN2O2. The molecule has 0 aliphatic heterocycles. The predicted molar refractivity (Wildman–Crippen MR) is 70.2 cm³/mol. The van der Waals surface area contributed by atoms with Crippen LogP contribution >= 0.6 is 0 Å². The SMILES string of the molecule is Cc1c(F)cc(C#N)cc1NC(=O)COC(C)(C)C.